The monoisotopic (exact) mass is 179 g/mol. The predicted molar refractivity (Wildman–Crippen MR) is 41.8 cm³/mol. The van der Waals surface area contributed by atoms with Gasteiger partial charge in [-0.05, 0) is 5.53 Å². The summed E-state index contributed by atoms with van der Waals surface area (Å²) < 4.78 is 0. The topological polar surface area (TPSA) is 112 Å². The summed E-state index contributed by atoms with van der Waals surface area (Å²) in [6.07, 6.45) is 2.38. The summed E-state index contributed by atoms with van der Waals surface area (Å²) >= 11 is 0. The molecule has 0 saturated heterocycles. The van der Waals surface area contributed by atoms with Crippen LogP contribution in [-0.2, 0) is 6.54 Å². The number of rotatable bonds is 3. The maximum Gasteiger partial charge on any atom is 0.356 e. The number of carbonyl (C=O) groups is 1. The minimum absolute atomic E-state index is 0.0728. The van der Waals surface area contributed by atoms with Gasteiger partial charge < -0.3 is 5.11 Å². The zero-order chi connectivity index (χ0) is 9.68. The number of hydrogen-bond acceptors (Lipinski definition) is 4. The third kappa shape index (κ3) is 2.42. The van der Waals surface area contributed by atoms with Crippen LogP contribution in [0.3, 0.4) is 0 Å². The maximum absolute atomic E-state index is 10.3. The molecule has 1 aromatic heterocycles. The van der Waals surface area contributed by atoms with Gasteiger partial charge in [-0.2, -0.15) is 0 Å². The highest BCUT2D eigenvalue weighted by Gasteiger charge is 2.03. The summed E-state index contributed by atoms with van der Waals surface area (Å²) in [7, 11) is 0. The van der Waals surface area contributed by atoms with E-state index in [9.17, 15) is 4.79 Å². The number of nitrogens with zero attached hydrogens (tertiary/aromatic N) is 5. The highest BCUT2D eigenvalue weighted by molar-refractivity contribution is 5.84. The van der Waals surface area contributed by atoms with Crippen molar-refractivity contribution in [1.29, 1.82) is 0 Å². The summed E-state index contributed by atoms with van der Waals surface area (Å²) in [5.74, 6) is -1.14. The molecule has 66 valence electrons. The first-order chi connectivity index (χ1) is 6.24. The van der Waals surface area contributed by atoms with E-state index in [0.717, 1.165) is 6.20 Å². The molecule has 1 aromatic rings. The van der Waals surface area contributed by atoms with Crippen LogP contribution in [0.2, 0.25) is 0 Å². The summed E-state index contributed by atoms with van der Waals surface area (Å²) in [5.41, 5.74) is 8.29. The summed E-state index contributed by atoms with van der Waals surface area (Å²) in [5, 5.41) is 11.7. The number of hydrogen-bond donors (Lipinski definition) is 1. The summed E-state index contributed by atoms with van der Waals surface area (Å²) in [6, 6.07) is 0. The van der Waals surface area contributed by atoms with Crippen LogP contribution in [0.1, 0.15) is 16.2 Å². The molecule has 0 unspecified atom stereocenters. The van der Waals surface area contributed by atoms with E-state index in [4.69, 9.17) is 10.6 Å². The molecular weight excluding hydrogens is 174 g/mol. The van der Waals surface area contributed by atoms with Crippen LogP contribution in [0.25, 0.3) is 10.4 Å². The van der Waals surface area contributed by atoms with Gasteiger partial charge in [0.1, 0.15) is 0 Å². The Morgan fingerprint density at radius 3 is 2.85 bits per heavy atom. The average molecular weight is 179 g/mol. The molecule has 1 rings (SSSR count). The van der Waals surface area contributed by atoms with Crippen LogP contribution in [-0.4, -0.2) is 21.0 Å². The van der Waals surface area contributed by atoms with Gasteiger partial charge >= 0.3 is 5.97 Å². The quantitative estimate of drug-likeness (QED) is 0.423. The lowest BCUT2D eigenvalue weighted by molar-refractivity contribution is 0.0690. The van der Waals surface area contributed by atoms with Crippen molar-refractivity contribution in [3.05, 3.63) is 34.2 Å². The van der Waals surface area contributed by atoms with Crippen molar-refractivity contribution in [3.8, 4) is 0 Å². The normalized spacial score (nSPS) is 8.92. The fourth-order valence-electron chi connectivity index (χ4n) is 0.651. The van der Waals surface area contributed by atoms with Crippen molar-refractivity contribution in [3.63, 3.8) is 0 Å². The standard InChI is InChI=1S/C6H5N5O2/c7-11-10-2-4-1-9-5(3-8-4)6(12)13/h1,3H,2H2,(H,12,13). The Morgan fingerprint density at radius 1 is 1.62 bits per heavy atom. The molecule has 1 N–H and O–H groups in total. The Morgan fingerprint density at radius 2 is 2.38 bits per heavy atom. The van der Waals surface area contributed by atoms with Gasteiger partial charge in [-0.15, -0.1) is 0 Å². The molecule has 0 aliphatic carbocycles. The van der Waals surface area contributed by atoms with E-state index in [2.05, 4.69) is 20.0 Å². The van der Waals surface area contributed by atoms with Crippen molar-refractivity contribution in [2.24, 2.45) is 5.11 Å². The van der Waals surface area contributed by atoms with Crippen molar-refractivity contribution in [2.75, 3.05) is 0 Å². The number of carboxylic acid groups (broad SMARTS) is 1. The first-order valence-corrected chi connectivity index (χ1v) is 3.29. The van der Waals surface area contributed by atoms with Gasteiger partial charge in [0.2, 0.25) is 0 Å². The Kier molecular flexibility index (Phi) is 2.77. The average Bonchev–Trinajstić information content (AvgIpc) is 2.15. The van der Waals surface area contributed by atoms with Gasteiger partial charge in [-0.25, -0.2) is 9.78 Å². The Bertz CT molecular complexity index is 354. The van der Waals surface area contributed by atoms with Crippen LogP contribution < -0.4 is 0 Å². The van der Waals surface area contributed by atoms with Crippen LogP contribution >= 0.6 is 0 Å². The molecule has 0 aliphatic heterocycles. The predicted octanol–water partition coefficient (Wildman–Crippen LogP) is 0.985. The van der Waals surface area contributed by atoms with Gasteiger partial charge in [0.15, 0.2) is 5.69 Å². The van der Waals surface area contributed by atoms with E-state index in [1.165, 1.54) is 6.20 Å². The van der Waals surface area contributed by atoms with E-state index in [0.29, 0.717) is 5.69 Å². The number of aromatic nitrogens is 2. The second kappa shape index (κ2) is 4.03. The van der Waals surface area contributed by atoms with Crippen LogP contribution in [0.5, 0.6) is 0 Å². The molecule has 13 heavy (non-hydrogen) atoms. The Hall–Kier alpha value is -2.14. The minimum Gasteiger partial charge on any atom is -0.476 e. The zero-order valence-electron chi connectivity index (χ0n) is 6.45. The number of aromatic carboxylic acids is 1. The SMILES string of the molecule is [N-]=[N+]=NCc1cnc(C(=O)O)cn1. The molecule has 0 aliphatic rings. The number of azide groups is 1. The first kappa shape index (κ1) is 8.95. The second-order valence-electron chi connectivity index (χ2n) is 2.09. The second-order valence-corrected chi connectivity index (χ2v) is 2.09. The van der Waals surface area contributed by atoms with Gasteiger partial charge in [0.05, 0.1) is 18.4 Å². The van der Waals surface area contributed by atoms with Crippen LogP contribution in [0, 0.1) is 0 Å². The molecule has 0 fully saturated rings. The van der Waals surface area contributed by atoms with E-state index in [1.54, 1.807) is 0 Å². The molecule has 0 atom stereocenters. The van der Waals surface area contributed by atoms with Crippen LogP contribution in [0.15, 0.2) is 17.5 Å². The molecular formula is C6H5N5O2. The molecule has 0 radical (unpaired) electrons. The van der Waals surface area contributed by atoms with E-state index in [1.807, 2.05) is 0 Å². The first-order valence-electron chi connectivity index (χ1n) is 3.29. The van der Waals surface area contributed by atoms with Crippen LogP contribution in [0.4, 0.5) is 0 Å². The van der Waals surface area contributed by atoms with E-state index in [-0.39, 0.29) is 12.2 Å². The third-order valence-electron chi connectivity index (χ3n) is 1.22. The maximum atomic E-state index is 10.3. The Balaban J connectivity index is 2.80. The third-order valence-corrected chi connectivity index (χ3v) is 1.22. The molecule has 1 heterocycles. The highest BCUT2D eigenvalue weighted by atomic mass is 16.4. The minimum atomic E-state index is -1.14. The lowest BCUT2D eigenvalue weighted by Gasteiger charge is -1.94. The molecule has 0 aromatic carbocycles. The van der Waals surface area contributed by atoms with Gasteiger partial charge in [-0.1, -0.05) is 5.11 Å². The van der Waals surface area contributed by atoms with Crippen molar-refractivity contribution >= 4 is 5.97 Å². The van der Waals surface area contributed by atoms with E-state index >= 15 is 0 Å². The summed E-state index contributed by atoms with van der Waals surface area (Å²) in [4.78, 5) is 20.2. The lowest BCUT2D eigenvalue weighted by atomic mass is 10.4. The van der Waals surface area contributed by atoms with Crippen molar-refractivity contribution in [1.82, 2.24) is 9.97 Å². The summed E-state index contributed by atoms with van der Waals surface area (Å²) in [6.45, 7) is 0.0728. The molecule has 0 saturated carbocycles. The largest absolute Gasteiger partial charge is 0.476 e. The molecule has 0 spiro atoms. The molecule has 0 amide bonds. The Labute approximate surface area is 72.7 Å². The van der Waals surface area contributed by atoms with Gasteiger partial charge in [0.25, 0.3) is 0 Å². The van der Waals surface area contributed by atoms with E-state index < -0.39 is 5.97 Å². The number of carboxylic acids is 1. The molecule has 0 bridgehead atoms. The van der Waals surface area contributed by atoms with Gasteiger partial charge in [-0.3, -0.25) is 4.98 Å². The fraction of sp³-hybridized carbons (Fsp3) is 0.167. The zero-order valence-corrected chi connectivity index (χ0v) is 6.45. The van der Waals surface area contributed by atoms with Gasteiger partial charge in [0, 0.05) is 11.1 Å². The van der Waals surface area contributed by atoms with Crippen molar-refractivity contribution in [2.45, 2.75) is 6.54 Å². The lowest BCUT2D eigenvalue weighted by Crippen LogP contribution is -2.01. The molecule has 7 nitrogen and oxygen atoms in total. The molecule has 7 heteroatoms. The highest BCUT2D eigenvalue weighted by Crippen LogP contribution is 1.97. The smallest absolute Gasteiger partial charge is 0.356 e. The fourth-order valence-corrected chi connectivity index (χ4v) is 0.651. The van der Waals surface area contributed by atoms with Crippen molar-refractivity contribution < 1.29 is 9.90 Å².